The summed E-state index contributed by atoms with van der Waals surface area (Å²) in [5.41, 5.74) is 7.64. The minimum absolute atomic E-state index is 0. The number of carbonyl (C=O) groups is 1. The van der Waals surface area contributed by atoms with Gasteiger partial charge in [0, 0.05) is 19.8 Å². The second-order valence-electron chi connectivity index (χ2n) is 4.94. The Balaban J connectivity index is 0.00000180. The van der Waals surface area contributed by atoms with Crippen molar-refractivity contribution < 1.29 is 9.53 Å². The first-order valence-corrected chi connectivity index (χ1v) is 6.31. The van der Waals surface area contributed by atoms with Crippen molar-refractivity contribution in [3.05, 3.63) is 35.4 Å². The van der Waals surface area contributed by atoms with Crippen LogP contribution >= 0.6 is 12.4 Å². The number of aryl methyl sites for hydroxylation is 1. The molecule has 1 aliphatic rings. The van der Waals surface area contributed by atoms with Gasteiger partial charge >= 0.3 is 0 Å². The molecule has 0 unspecified atom stereocenters. The van der Waals surface area contributed by atoms with Crippen molar-refractivity contribution in [1.29, 1.82) is 0 Å². The number of hydrogen-bond acceptors (Lipinski definition) is 3. The molecule has 1 aliphatic heterocycles. The Morgan fingerprint density at radius 2 is 1.89 bits per heavy atom. The number of carbonyl (C=O) groups excluding carboxylic acids is 1. The van der Waals surface area contributed by atoms with Crippen molar-refractivity contribution in [2.45, 2.75) is 31.8 Å². The maximum Gasteiger partial charge on any atom is 0.240 e. The molecule has 1 aromatic rings. The van der Waals surface area contributed by atoms with Gasteiger partial charge in [-0.05, 0) is 25.3 Å². The second kappa shape index (κ2) is 6.89. The average Bonchev–Trinajstić information content (AvgIpc) is 2.38. The molecule has 1 saturated heterocycles. The summed E-state index contributed by atoms with van der Waals surface area (Å²) in [5, 5.41) is 2.91. The lowest BCUT2D eigenvalue weighted by molar-refractivity contribution is -0.129. The highest BCUT2D eigenvalue weighted by atomic mass is 35.5. The molecule has 0 bridgehead atoms. The van der Waals surface area contributed by atoms with Crippen LogP contribution in [0, 0.1) is 6.92 Å². The predicted molar refractivity (Wildman–Crippen MR) is 77.2 cm³/mol. The Morgan fingerprint density at radius 1 is 1.32 bits per heavy atom. The molecule has 0 saturated carbocycles. The summed E-state index contributed by atoms with van der Waals surface area (Å²) in [6.45, 7) is 3.70. The molecule has 5 heteroatoms. The maximum absolute atomic E-state index is 12.1. The summed E-state index contributed by atoms with van der Waals surface area (Å²) in [6.07, 6.45) is 1.18. The zero-order valence-corrected chi connectivity index (χ0v) is 12.0. The Kier molecular flexibility index (Phi) is 5.79. The summed E-state index contributed by atoms with van der Waals surface area (Å²) in [6, 6.07) is 8.11. The third-order valence-corrected chi connectivity index (χ3v) is 3.41. The molecule has 0 spiro atoms. The van der Waals surface area contributed by atoms with Crippen LogP contribution in [-0.2, 0) is 16.1 Å². The van der Waals surface area contributed by atoms with E-state index in [9.17, 15) is 4.79 Å². The molecule has 1 heterocycles. The van der Waals surface area contributed by atoms with Gasteiger partial charge in [0.05, 0.1) is 5.54 Å². The highest BCUT2D eigenvalue weighted by Gasteiger charge is 2.35. The monoisotopic (exact) mass is 284 g/mol. The fourth-order valence-electron chi connectivity index (χ4n) is 2.03. The summed E-state index contributed by atoms with van der Waals surface area (Å²) >= 11 is 0. The van der Waals surface area contributed by atoms with Crippen LogP contribution in [0.15, 0.2) is 24.3 Å². The molecule has 0 radical (unpaired) electrons. The molecule has 19 heavy (non-hydrogen) atoms. The standard InChI is InChI=1S/C14H20N2O2.ClH/c1-11-2-4-12(5-3-11)10-16-13(17)14(15)6-8-18-9-7-14;/h2-5H,6-10,15H2,1H3,(H,16,17);1H. The van der Waals surface area contributed by atoms with Gasteiger partial charge in [-0.15, -0.1) is 12.4 Å². The molecule has 4 nitrogen and oxygen atoms in total. The molecule has 106 valence electrons. The van der Waals surface area contributed by atoms with Gasteiger partial charge in [-0.2, -0.15) is 0 Å². The van der Waals surface area contributed by atoms with Crippen molar-refractivity contribution in [3.8, 4) is 0 Å². The molecule has 1 aromatic carbocycles. The van der Waals surface area contributed by atoms with Gasteiger partial charge in [-0.3, -0.25) is 4.79 Å². The fraction of sp³-hybridized carbons (Fsp3) is 0.500. The van der Waals surface area contributed by atoms with E-state index in [0.717, 1.165) is 5.56 Å². The molecular weight excluding hydrogens is 264 g/mol. The molecule has 0 aromatic heterocycles. The van der Waals surface area contributed by atoms with E-state index in [-0.39, 0.29) is 18.3 Å². The van der Waals surface area contributed by atoms with E-state index in [1.54, 1.807) is 0 Å². The molecule has 2 rings (SSSR count). The first kappa shape index (κ1) is 16.0. The van der Waals surface area contributed by atoms with Crippen LogP contribution in [0.3, 0.4) is 0 Å². The van der Waals surface area contributed by atoms with Crippen molar-refractivity contribution in [1.82, 2.24) is 5.32 Å². The summed E-state index contributed by atoms with van der Waals surface area (Å²) in [7, 11) is 0. The van der Waals surface area contributed by atoms with E-state index < -0.39 is 5.54 Å². The van der Waals surface area contributed by atoms with E-state index >= 15 is 0 Å². The van der Waals surface area contributed by atoms with E-state index in [1.165, 1.54) is 5.56 Å². The van der Waals surface area contributed by atoms with Crippen molar-refractivity contribution >= 4 is 18.3 Å². The quantitative estimate of drug-likeness (QED) is 0.885. The van der Waals surface area contributed by atoms with E-state index in [1.807, 2.05) is 31.2 Å². The number of nitrogens with two attached hydrogens (primary N) is 1. The number of ether oxygens (including phenoxy) is 1. The van der Waals surface area contributed by atoms with Crippen molar-refractivity contribution in [3.63, 3.8) is 0 Å². The molecule has 1 amide bonds. The first-order valence-electron chi connectivity index (χ1n) is 6.31. The molecule has 0 aliphatic carbocycles. The van der Waals surface area contributed by atoms with Crippen molar-refractivity contribution in [2.24, 2.45) is 5.73 Å². The third-order valence-electron chi connectivity index (χ3n) is 3.41. The summed E-state index contributed by atoms with van der Waals surface area (Å²) < 4.78 is 5.23. The highest BCUT2D eigenvalue weighted by molar-refractivity contribution is 5.86. The Hall–Kier alpha value is -1.10. The lowest BCUT2D eigenvalue weighted by Gasteiger charge is -2.31. The van der Waals surface area contributed by atoms with Crippen LogP contribution in [-0.4, -0.2) is 24.7 Å². The zero-order valence-electron chi connectivity index (χ0n) is 11.1. The normalized spacial score (nSPS) is 17.4. The first-order chi connectivity index (χ1) is 8.60. The van der Waals surface area contributed by atoms with Gasteiger partial charge in [0.15, 0.2) is 0 Å². The summed E-state index contributed by atoms with van der Waals surface area (Å²) in [4.78, 5) is 12.1. The highest BCUT2D eigenvalue weighted by Crippen LogP contribution is 2.17. The number of hydrogen-bond donors (Lipinski definition) is 2. The van der Waals surface area contributed by atoms with Gasteiger partial charge in [0.1, 0.15) is 0 Å². The molecular formula is C14H21ClN2O2. The van der Waals surface area contributed by atoms with Crippen LogP contribution < -0.4 is 11.1 Å². The fourth-order valence-corrected chi connectivity index (χ4v) is 2.03. The van der Waals surface area contributed by atoms with Gasteiger partial charge in [-0.25, -0.2) is 0 Å². The number of rotatable bonds is 3. The smallest absolute Gasteiger partial charge is 0.240 e. The lowest BCUT2D eigenvalue weighted by Crippen LogP contribution is -2.56. The minimum Gasteiger partial charge on any atom is -0.381 e. The Bertz CT molecular complexity index is 414. The van der Waals surface area contributed by atoms with Gasteiger partial charge in [0.2, 0.25) is 5.91 Å². The van der Waals surface area contributed by atoms with E-state index in [0.29, 0.717) is 32.6 Å². The van der Waals surface area contributed by atoms with Gasteiger partial charge in [-0.1, -0.05) is 29.8 Å². The number of halogens is 1. The van der Waals surface area contributed by atoms with Crippen LogP contribution in [0.2, 0.25) is 0 Å². The minimum atomic E-state index is -0.761. The van der Waals surface area contributed by atoms with Gasteiger partial charge < -0.3 is 15.8 Å². The second-order valence-corrected chi connectivity index (χ2v) is 4.94. The Morgan fingerprint density at radius 3 is 2.47 bits per heavy atom. The van der Waals surface area contributed by atoms with Gasteiger partial charge in [0.25, 0.3) is 0 Å². The number of nitrogens with one attached hydrogen (secondary N) is 1. The van der Waals surface area contributed by atoms with E-state index in [2.05, 4.69) is 5.32 Å². The maximum atomic E-state index is 12.1. The molecule has 0 atom stereocenters. The third kappa shape index (κ3) is 4.20. The zero-order chi connectivity index (χ0) is 13.0. The summed E-state index contributed by atoms with van der Waals surface area (Å²) in [5.74, 6) is -0.0774. The molecule has 3 N–H and O–H groups in total. The Labute approximate surface area is 120 Å². The largest absolute Gasteiger partial charge is 0.381 e. The van der Waals surface area contributed by atoms with E-state index in [4.69, 9.17) is 10.5 Å². The topological polar surface area (TPSA) is 64.4 Å². The van der Waals surface area contributed by atoms with Crippen LogP contribution in [0.25, 0.3) is 0 Å². The number of benzene rings is 1. The average molecular weight is 285 g/mol. The number of amides is 1. The van der Waals surface area contributed by atoms with Crippen LogP contribution in [0.4, 0.5) is 0 Å². The van der Waals surface area contributed by atoms with Crippen LogP contribution in [0.1, 0.15) is 24.0 Å². The van der Waals surface area contributed by atoms with Crippen LogP contribution in [0.5, 0.6) is 0 Å². The molecule has 1 fully saturated rings. The predicted octanol–water partition coefficient (Wildman–Crippen LogP) is 1.54. The van der Waals surface area contributed by atoms with Crippen molar-refractivity contribution in [2.75, 3.05) is 13.2 Å². The SMILES string of the molecule is Cc1ccc(CNC(=O)C2(N)CCOCC2)cc1.Cl. The lowest BCUT2D eigenvalue weighted by atomic mass is 9.90.